The number of carboxylic acids is 1. The van der Waals surface area contributed by atoms with Crippen LogP contribution >= 0.6 is 0 Å². The molecule has 0 amide bonds. The average molecular weight is 403 g/mol. The Morgan fingerprint density at radius 1 is 1.14 bits per heavy atom. The van der Waals surface area contributed by atoms with E-state index in [1.54, 1.807) is 0 Å². The maximum atomic E-state index is 11.2. The first-order chi connectivity index (χ1) is 14.2. The predicted molar refractivity (Wildman–Crippen MR) is 112 cm³/mol. The summed E-state index contributed by atoms with van der Waals surface area (Å²) in [5, 5.41) is 9.21. The van der Waals surface area contributed by atoms with Crippen LogP contribution in [0.1, 0.15) is 37.7 Å². The molecule has 1 aromatic heterocycles. The van der Waals surface area contributed by atoms with Crippen molar-refractivity contribution in [1.29, 1.82) is 0 Å². The Hall–Kier alpha value is -1.70. The molecule has 3 aliphatic rings. The van der Waals surface area contributed by atoms with Crippen LogP contribution in [0.4, 0.5) is 5.82 Å². The number of hydrogen-bond acceptors (Lipinski definition) is 6. The molecule has 0 spiro atoms. The fourth-order valence-corrected chi connectivity index (χ4v) is 5.11. The summed E-state index contributed by atoms with van der Waals surface area (Å²) in [6.07, 6.45) is 6.65. The molecule has 7 heteroatoms. The molecule has 1 aromatic rings. The number of hydrogen-bond donors (Lipinski definition) is 1. The van der Waals surface area contributed by atoms with Crippen molar-refractivity contribution in [2.75, 3.05) is 57.4 Å². The number of nitrogens with zero attached hydrogens (tertiary/aromatic N) is 4. The highest BCUT2D eigenvalue weighted by Gasteiger charge is 2.34. The van der Waals surface area contributed by atoms with Crippen molar-refractivity contribution < 1.29 is 14.6 Å². The monoisotopic (exact) mass is 402 g/mol. The van der Waals surface area contributed by atoms with Gasteiger partial charge in [0, 0.05) is 51.4 Å². The quantitative estimate of drug-likeness (QED) is 0.749. The van der Waals surface area contributed by atoms with Gasteiger partial charge in [-0.25, -0.2) is 4.98 Å². The minimum Gasteiger partial charge on any atom is -0.481 e. The van der Waals surface area contributed by atoms with Gasteiger partial charge in [0.15, 0.2) is 0 Å². The number of aliphatic carboxylic acids is 1. The van der Waals surface area contributed by atoms with Gasteiger partial charge < -0.3 is 14.7 Å². The molecule has 0 saturated carbocycles. The average Bonchev–Trinajstić information content (AvgIpc) is 3.26. The highest BCUT2D eigenvalue weighted by Crippen LogP contribution is 2.29. The van der Waals surface area contributed by atoms with Crippen LogP contribution in [-0.2, 0) is 16.1 Å². The number of likely N-dealkylation sites (tertiary alicyclic amines) is 1. The maximum absolute atomic E-state index is 11.2. The Labute approximate surface area is 173 Å². The van der Waals surface area contributed by atoms with E-state index in [4.69, 9.17) is 9.72 Å². The summed E-state index contributed by atoms with van der Waals surface area (Å²) in [5.74, 6) is 0.673. The van der Waals surface area contributed by atoms with E-state index >= 15 is 0 Å². The maximum Gasteiger partial charge on any atom is 0.303 e. The molecular weight excluding hydrogens is 368 g/mol. The van der Waals surface area contributed by atoms with Crippen LogP contribution in [0.25, 0.3) is 0 Å². The van der Waals surface area contributed by atoms with E-state index in [2.05, 4.69) is 26.8 Å². The number of carboxylic acid groups (broad SMARTS) is 1. The second-order valence-corrected chi connectivity index (χ2v) is 8.65. The molecule has 29 heavy (non-hydrogen) atoms. The lowest BCUT2D eigenvalue weighted by Crippen LogP contribution is -2.54. The summed E-state index contributed by atoms with van der Waals surface area (Å²) in [5.41, 5.74) is 1.28. The zero-order valence-electron chi connectivity index (χ0n) is 17.3. The van der Waals surface area contributed by atoms with Crippen LogP contribution < -0.4 is 4.90 Å². The van der Waals surface area contributed by atoms with Crippen molar-refractivity contribution in [2.24, 2.45) is 5.92 Å². The van der Waals surface area contributed by atoms with Gasteiger partial charge in [-0.1, -0.05) is 6.07 Å². The molecule has 3 fully saturated rings. The van der Waals surface area contributed by atoms with Crippen molar-refractivity contribution in [1.82, 2.24) is 14.8 Å². The van der Waals surface area contributed by atoms with E-state index in [9.17, 15) is 9.90 Å². The predicted octanol–water partition coefficient (Wildman–Crippen LogP) is 2.07. The fourth-order valence-electron chi connectivity index (χ4n) is 5.11. The van der Waals surface area contributed by atoms with Gasteiger partial charge in [-0.2, -0.15) is 0 Å². The first-order valence-electron chi connectivity index (χ1n) is 11.1. The molecule has 2 atom stereocenters. The zero-order chi connectivity index (χ0) is 20.1. The molecule has 0 aromatic carbocycles. The highest BCUT2D eigenvalue weighted by atomic mass is 16.5. The van der Waals surface area contributed by atoms with E-state index in [1.807, 2.05) is 6.20 Å². The third kappa shape index (κ3) is 5.47. The van der Waals surface area contributed by atoms with Crippen molar-refractivity contribution in [3.63, 3.8) is 0 Å². The molecule has 3 aliphatic heterocycles. The minimum atomic E-state index is -0.702. The SMILES string of the molecule is O=C(O)CC[C@@H]1CN(c2ccc(CN3CCCC3)cn2)CC[C@@H]1N1CCOCC1. The van der Waals surface area contributed by atoms with Crippen LogP contribution in [0.3, 0.4) is 0 Å². The minimum absolute atomic E-state index is 0.238. The van der Waals surface area contributed by atoms with Gasteiger partial charge in [-0.15, -0.1) is 0 Å². The first kappa shape index (κ1) is 20.6. The van der Waals surface area contributed by atoms with Crippen LogP contribution in [0.15, 0.2) is 18.3 Å². The molecule has 0 aliphatic carbocycles. The molecular formula is C22H34N4O3. The van der Waals surface area contributed by atoms with Crippen molar-refractivity contribution in [2.45, 2.75) is 44.7 Å². The van der Waals surface area contributed by atoms with Crippen LogP contribution in [0.5, 0.6) is 0 Å². The second kappa shape index (κ2) is 9.87. The Morgan fingerprint density at radius 3 is 2.62 bits per heavy atom. The van der Waals surface area contributed by atoms with Crippen molar-refractivity contribution in [3.05, 3.63) is 23.9 Å². The number of piperidine rings is 1. The van der Waals surface area contributed by atoms with E-state index in [0.717, 1.165) is 64.6 Å². The van der Waals surface area contributed by atoms with Crippen molar-refractivity contribution >= 4 is 11.8 Å². The van der Waals surface area contributed by atoms with Gasteiger partial charge in [-0.05, 0) is 56.3 Å². The topological polar surface area (TPSA) is 69.1 Å². The molecule has 1 N–H and O–H groups in total. The summed E-state index contributed by atoms with van der Waals surface area (Å²) >= 11 is 0. The van der Waals surface area contributed by atoms with E-state index < -0.39 is 5.97 Å². The van der Waals surface area contributed by atoms with Gasteiger partial charge >= 0.3 is 5.97 Å². The number of ether oxygens (including phenoxy) is 1. The molecule has 4 rings (SSSR count). The lowest BCUT2D eigenvalue weighted by molar-refractivity contribution is -0.137. The van der Waals surface area contributed by atoms with E-state index in [-0.39, 0.29) is 6.42 Å². The molecule has 0 bridgehead atoms. The molecule has 3 saturated heterocycles. The largest absolute Gasteiger partial charge is 0.481 e. The number of morpholine rings is 1. The molecule has 4 heterocycles. The Balaban J connectivity index is 1.39. The lowest BCUT2D eigenvalue weighted by Gasteiger charge is -2.45. The normalized spacial score (nSPS) is 26.7. The Morgan fingerprint density at radius 2 is 1.93 bits per heavy atom. The van der Waals surface area contributed by atoms with Gasteiger partial charge in [0.05, 0.1) is 13.2 Å². The van der Waals surface area contributed by atoms with Gasteiger partial charge in [0.25, 0.3) is 0 Å². The van der Waals surface area contributed by atoms with Gasteiger partial charge in [0.1, 0.15) is 5.82 Å². The molecule has 7 nitrogen and oxygen atoms in total. The number of carbonyl (C=O) groups is 1. The third-order valence-electron chi connectivity index (χ3n) is 6.68. The second-order valence-electron chi connectivity index (χ2n) is 8.65. The molecule has 0 radical (unpaired) electrons. The molecule has 0 unspecified atom stereocenters. The smallest absolute Gasteiger partial charge is 0.303 e. The van der Waals surface area contributed by atoms with Crippen LogP contribution in [0, 0.1) is 5.92 Å². The van der Waals surface area contributed by atoms with E-state index in [1.165, 1.54) is 31.5 Å². The van der Waals surface area contributed by atoms with Crippen LogP contribution in [0.2, 0.25) is 0 Å². The van der Waals surface area contributed by atoms with Gasteiger partial charge in [-0.3, -0.25) is 14.6 Å². The fraction of sp³-hybridized carbons (Fsp3) is 0.727. The zero-order valence-corrected chi connectivity index (χ0v) is 17.3. The Bertz CT molecular complexity index is 657. The van der Waals surface area contributed by atoms with Crippen LogP contribution in [-0.4, -0.2) is 84.4 Å². The third-order valence-corrected chi connectivity index (χ3v) is 6.68. The summed E-state index contributed by atoms with van der Waals surface area (Å²) < 4.78 is 5.51. The summed E-state index contributed by atoms with van der Waals surface area (Å²) in [6.45, 7) is 8.72. The van der Waals surface area contributed by atoms with Gasteiger partial charge in [0.2, 0.25) is 0 Å². The standard InChI is InChI=1S/C22H34N4O3/c27-22(28)6-4-19-17-26(10-7-20(19)25-11-13-29-14-12-25)21-5-3-18(15-23-21)16-24-8-1-2-9-24/h3,5,15,19-20H,1-2,4,6-14,16-17H2,(H,27,28)/t19-,20+/m1/s1. The number of aromatic nitrogens is 1. The summed E-state index contributed by atoms with van der Waals surface area (Å²) in [4.78, 5) is 23.3. The number of rotatable bonds is 7. The molecule has 160 valence electrons. The first-order valence-corrected chi connectivity index (χ1v) is 11.1. The number of pyridine rings is 1. The Kier molecular flexibility index (Phi) is 7.00. The lowest BCUT2D eigenvalue weighted by atomic mass is 9.86. The summed E-state index contributed by atoms with van der Waals surface area (Å²) in [7, 11) is 0. The number of anilines is 1. The summed E-state index contributed by atoms with van der Waals surface area (Å²) in [6, 6.07) is 4.80. The van der Waals surface area contributed by atoms with Crippen molar-refractivity contribution in [3.8, 4) is 0 Å². The van der Waals surface area contributed by atoms with E-state index in [0.29, 0.717) is 12.0 Å². The highest BCUT2D eigenvalue weighted by molar-refractivity contribution is 5.66.